The van der Waals surface area contributed by atoms with Crippen molar-refractivity contribution in [2.45, 2.75) is 20.8 Å². The third-order valence-electron chi connectivity index (χ3n) is 2.29. The summed E-state index contributed by atoms with van der Waals surface area (Å²) >= 11 is 0. The molecule has 0 aliphatic carbocycles. The van der Waals surface area contributed by atoms with Gasteiger partial charge in [0.05, 0.1) is 12.5 Å². The average molecular weight is 142 g/mol. The van der Waals surface area contributed by atoms with Crippen LogP contribution in [0.5, 0.6) is 0 Å². The normalized spacial score (nSPS) is 33.0. The van der Waals surface area contributed by atoms with Crippen molar-refractivity contribution in [2.75, 3.05) is 6.61 Å². The number of cyclic esters (lactones) is 1. The quantitative estimate of drug-likeness (QED) is 0.518. The minimum Gasteiger partial charge on any atom is -0.465 e. The maximum atomic E-state index is 10.9. The van der Waals surface area contributed by atoms with Crippen LogP contribution in [0.25, 0.3) is 0 Å². The molecule has 1 fully saturated rings. The molecule has 0 aromatic rings. The number of rotatable bonds is 1. The van der Waals surface area contributed by atoms with Gasteiger partial charge in [0, 0.05) is 5.92 Å². The van der Waals surface area contributed by atoms with Crippen LogP contribution in [0.2, 0.25) is 0 Å². The first-order valence-electron chi connectivity index (χ1n) is 3.79. The van der Waals surface area contributed by atoms with Crippen molar-refractivity contribution < 1.29 is 9.53 Å². The summed E-state index contributed by atoms with van der Waals surface area (Å²) in [6.45, 7) is 6.82. The highest BCUT2D eigenvalue weighted by Gasteiger charge is 2.34. The van der Waals surface area contributed by atoms with Gasteiger partial charge >= 0.3 is 5.97 Å². The van der Waals surface area contributed by atoms with Crippen LogP contribution in [-0.2, 0) is 9.53 Å². The molecule has 1 rings (SSSR count). The number of carbonyl (C=O) groups is 1. The van der Waals surface area contributed by atoms with Crippen molar-refractivity contribution in [3.05, 3.63) is 0 Å². The zero-order chi connectivity index (χ0) is 7.72. The molecule has 2 heteroatoms. The Morgan fingerprint density at radius 2 is 2.20 bits per heavy atom. The summed E-state index contributed by atoms with van der Waals surface area (Å²) in [5.41, 5.74) is 0. The van der Waals surface area contributed by atoms with E-state index in [2.05, 4.69) is 13.8 Å². The van der Waals surface area contributed by atoms with Gasteiger partial charge in [0.25, 0.3) is 0 Å². The van der Waals surface area contributed by atoms with Crippen molar-refractivity contribution in [3.63, 3.8) is 0 Å². The summed E-state index contributed by atoms with van der Waals surface area (Å²) in [6.07, 6.45) is 0. The summed E-state index contributed by atoms with van der Waals surface area (Å²) in [4.78, 5) is 10.9. The number of hydrogen-bond acceptors (Lipinski definition) is 2. The van der Waals surface area contributed by atoms with E-state index in [1.165, 1.54) is 0 Å². The first-order valence-corrected chi connectivity index (χ1v) is 3.79. The van der Waals surface area contributed by atoms with Crippen molar-refractivity contribution >= 4 is 5.97 Å². The number of carbonyl (C=O) groups excluding carboxylic acids is 1. The van der Waals surface area contributed by atoms with Crippen molar-refractivity contribution in [1.82, 2.24) is 0 Å². The Morgan fingerprint density at radius 1 is 1.60 bits per heavy atom. The van der Waals surface area contributed by atoms with Crippen LogP contribution >= 0.6 is 0 Å². The molecule has 0 bridgehead atoms. The van der Waals surface area contributed by atoms with E-state index in [0.29, 0.717) is 18.4 Å². The van der Waals surface area contributed by atoms with Gasteiger partial charge in [-0.3, -0.25) is 4.79 Å². The Kier molecular flexibility index (Phi) is 1.97. The van der Waals surface area contributed by atoms with Gasteiger partial charge < -0.3 is 4.74 Å². The maximum absolute atomic E-state index is 10.9. The molecule has 1 saturated heterocycles. The third kappa shape index (κ3) is 1.15. The summed E-state index contributed by atoms with van der Waals surface area (Å²) in [7, 11) is 0. The van der Waals surface area contributed by atoms with Gasteiger partial charge in [-0.2, -0.15) is 0 Å². The highest BCUT2D eigenvalue weighted by atomic mass is 16.5. The van der Waals surface area contributed by atoms with E-state index >= 15 is 0 Å². The predicted octanol–water partition coefficient (Wildman–Crippen LogP) is 1.45. The molecule has 0 radical (unpaired) electrons. The molecule has 58 valence electrons. The van der Waals surface area contributed by atoms with Gasteiger partial charge in [-0.05, 0) is 5.92 Å². The fourth-order valence-electron chi connectivity index (χ4n) is 1.40. The standard InChI is InChI=1S/C8H14O2/c1-5(2)7-4-10-8(9)6(7)3/h5-7H,4H2,1-3H3/t6-,7+/m1/s1. The Balaban J connectivity index is 2.57. The molecular weight excluding hydrogens is 128 g/mol. The molecule has 10 heavy (non-hydrogen) atoms. The number of esters is 1. The van der Waals surface area contributed by atoms with Gasteiger partial charge in [0.1, 0.15) is 0 Å². The molecule has 0 aromatic heterocycles. The number of ether oxygens (including phenoxy) is 1. The maximum Gasteiger partial charge on any atom is 0.309 e. The SMILES string of the molecule is CC(C)[C@@H]1COC(=O)[C@@H]1C. The molecule has 0 N–H and O–H groups in total. The van der Waals surface area contributed by atoms with Crippen molar-refractivity contribution in [2.24, 2.45) is 17.8 Å². The van der Waals surface area contributed by atoms with E-state index in [1.54, 1.807) is 0 Å². The van der Waals surface area contributed by atoms with Gasteiger partial charge in [-0.25, -0.2) is 0 Å². The molecule has 0 spiro atoms. The van der Waals surface area contributed by atoms with Crippen LogP contribution in [0.15, 0.2) is 0 Å². The van der Waals surface area contributed by atoms with E-state index < -0.39 is 0 Å². The molecule has 0 saturated carbocycles. The third-order valence-corrected chi connectivity index (χ3v) is 2.29. The highest BCUT2D eigenvalue weighted by molar-refractivity contribution is 5.74. The molecule has 0 aromatic carbocycles. The monoisotopic (exact) mass is 142 g/mol. The smallest absolute Gasteiger partial charge is 0.309 e. The lowest BCUT2D eigenvalue weighted by Crippen LogP contribution is -2.17. The first kappa shape index (κ1) is 7.58. The van der Waals surface area contributed by atoms with Crippen LogP contribution in [0, 0.1) is 17.8 Å². The summed E-state index contributed by atoms with van der Waals surface area (Å²) in [5, 5.41) is 0. The lowest BCUT2D eigenvalue weighted by atomic mass is 9.87. The summed E-state index contributed by atoms with van der Waals surface area (Å²) < 4.78 is 4.90. The Hall–Kier alpha value is -0.530. The topological polar surface area (TPSA) is 26.3 Å². The van der Waals surface area contributed by atoms with Crippen LogP contribution in [0.3, 0.4) is 0 Å². The van der Waals surface area contributed by atoms with Crippen LogP contribution < -0.4 is 0 Å². The number of hydrogen-bond donors (Lipinski definition) is 0. The van der Waals surface area contributed by atoms with E-state index in [0.717, 1.165) is 0 Å². The summed E-state index contributed by atoms with van der Waals surface area (Å²) in [5.74, 6) is 1.08. The lowest BCUT2D eigenvalue weighted by molar-refractivity contribution is -0.140. The zero-order valence-corrected chi connectivity index (χ0v) is 6.76. The van der Waals surface area contributed by atoms with Gasteiger partial charge in [0.15, 0.2) is 0 Å². The van der Waals surface area contributed by atoms with Crippen LogP contribution in [-0.4, -0.2) is 12.6 Å². The Bertz CT molecular complexity index is 140. The lowest BCUT2D eigenvalue weighted by Gasteiger charge is -2.13. The molecule has 1 heterocycles. The van der Waals surface area contributed by atoms with E-state index in [1.807, 2.05) is 6.92 Å². The van der Waals surface area contributed by atoms with Gasteiger partial charge in [0.2, 0.25) is 0 Å². The summed E-state index contributed by atoms with van der Waals surface area (Å²) in [6, 6.07) is 0. The zero-order valence-electron chi connectivity index (χ0n) is 6.76. The fourth-order valence-corrected chi connectivity index (χ4v) is 1.40. The second-order valence-electron chi connectivity index (χ2n) is 3.33. The molecule has 1 aliphatic rings. The van der Waals surface area contributed by atoms with E-state index in [4.69, 9.17) is 4.74 Å². The molecule has 2 atom stereocenters. The second-order valence-corrected chi connectivity index (χ2v) is 3.33. The first-order chi connectivity index (χ1) is 4.63. The highest BCUT2D eigenvalue weighted by Crippen LogP contribution is 2.27. The van der Waals surface area contributed by atoms with E-state index in [-0.39, 0.29) is 11.9 Å². The molecule has 2 nitrogen and oxygen atoms in total. The minimum absolute atomic E-state index is 0.0290. The fraction of sp³-hybridized carbons (Fsp3) is 0.875. The van der Waals surface area contributed by atoms with Crippen molar-refractivity contribution in [3.8, 4) is 0 Å². The Labute approximate surface area is 61.6 Å². The van der Waals surface area contributed by atoms with Gasteiger partial charge in [-0.1, -0.05) is 20.8 Å². The van der Waals surface area contributed by atoms with Crippen molar-refractivity contribution in [1.29, 1.82) is 0 Å². The molecule has 0 amide bonds. The predicted molar refractivity (Wildman–Crippen MR) is 38.5 cm³/mol. The Morgan fingerprint density at radius 3 is 2.40 bits per heavy atom. The van der Waals surface area contributed by atoms with Gasteiger partial charge in [-0.15, -0.1) is 0 Å². The minimum atomic E-state index is -0.0290. The molecule has 0 unspecified atom stereocenters. The molecule has 1 aliphatic heterocycles. The average Bonchev–Trinajstić information content (AvgIpc) is 2.14. The van der Waals surface area contributed by atoms with E-state index in [9.17, 15) is 4.79 Å². The molecular formula is C8H14O2. The second kappa shape index (κ2) is 2.60. The largest absolute Gasteiger partial charge is 0.465 e. The van der Waals surface area contributed by atoms with Crippen LogP contribution in [0.1, 0.15) is 20.8 Å². The van der Waals surface area contributed by atoms with Crippen LogP contribution in [0.4, 0.5) is 0 Å².